The number of H-pyrrole nitrogens is 1. The quantitative estimate of drug-likeness (QED) is 0.661. The average molecular weight is 415 g/mol. The number of hydrogen-bond acceptors (Lipinski definition) is 3. The fourth-order valence-electron chi connectivity index (χ4n) is 2.97. The Labute approximate surface area is 171 Å². The Kier molecular flexibility index (Phi) is 5.59. The number of imidazole rings is 1. The Morgan fingerprint density at radius 3 is 2.39 bits per heavy atom. The van der Waals surface area contributed by atoms with Crippen molar-refractivity contribution in [1.29, 1.82) is 5.26 Å². The number of amides is 1. The first-order chi connectivity index (χ1) is 13.3. The number of benzene rings is 2. The molecule has 6 nitrogen and oxygen atoms in total. The summed E-state index contributed by atoms with van der Waals surface area (Å²) >= 11 is 12.0. The van der Waals surface area contributed by atoms with Crippen LogP contribution in [0.5, 0.6) is 0 Å². The third-order valence-electron chi connectivity index (χ3n) is 4.42. The van der Waals surface area contributed by atoms with Gasteiger partial charge in [0.25, 0.3) is 5.91 Å². The van der Waals surface area contributed by atoms with Crippen LogP contribution in [-0.4, -0.2) is 15.5 Å². The number of aromatic amines is 1. The van der Waals surface area contributed by atoms with Crippen LogP contribution >= 0.6 is 23.2 Å². The maximum Gasteiger partial charge on any atom is 0.326 e. The summed E-state index contributed by atoms with van der Waals surface area (Å²) in [5, 5.41) is 12.5. The van der Waals surface area contributed by atoms with Crippen LogP contribution in [0.3, 0.4) is 0 Å². The minimum atomic E-state index is -1.24. The third kappa shape index (κ3) is 4.11. The molecular formula is C20H16Cl2N4O2. The average Bonchev–Trinajstić information content (AvgIpc) is 3.08. The van der Waals surface area contributed by atoms with Crippen molar-refractivity contribution in [1.82, 2.24) is 9.55 Å². The first kappa shape index (κ1) is 19.7. The van der Waals surface area contributed by atoms with E-state index in [2.05, 4.69) is 16.4 Å². The number of aromatic nitrogens is 2. The second-order valence-electron chi connectivity index (χ2n) is 6.51. The maximum atomic E-state index is 13.2. The predicted octanol–water partition coefficient (Wildman–Crippen LogP) is 3.95. The molecule has 0 aliphatic rings. The molecule has 1 heterocycles. The van der Waals surface area contributed by atoms with Crippen LogP contribution in [0.1, 0.15) is 18.1 Å². The Hall–Kier alpha value is -3.01. The van der Waals surface area contributed by atoms with Gasteiger partial charge in [-0.05, 0) is 42.8 Å². The standard InChI is InChI=1S/C20H16Cl2N4O2/c1-20(26-7-6-24-19(26)28,11-13-2-4-14(12-23)5-3-13)18(27)25-17-9-15(21)8-16(22)10-17/h2-10H,11H2,1H3,(H,24,28)(H,25,27)/t20-/m1/s1. The van der Waals surface area contributed by atoms with Crippen molar-refractivity contribution in [3.8, 4) is 6.07 Å². The number of nitriles is 1. The summed E-state index contributed by atoms with van der Waals surface area (Å²) in [7, 11) is 0. The van der Waals surface area contributed by atoms with Gasteiger partial charge in [0.1, 0.15) is 5.54 Å². The fourth-order valence-corrected chi connectivity index (χ4v) is 3.50. The van der Waals surface area contributed by atoms with E-state index in [1.165, 1.54) is 17.0 Å². The summed E-state index contributed by atoms with van der Waals surface area (Å²) in [4.78, 5) is 28.0. The molecule has 2 aromatic carbocycles. The molecule has 1 amide bonds. The number of anilines is 1. The van der Waals surface area contributed by atoms with Crippen molar-refractivity contribution < 1.29 is 4.79 Å². The van der Waals surface area contributed by atoms with E-state index >= 15 is 0 Å². The van der Waals surface area contributed by atoms with E-state index < -0.39 is 17.1 Å². The van der Waals surface area contributed by atoms with Gasteiger partial charge in [-0.1, -0.05) is 35.3 Å². The number of halogens is 2. The highest BCUT2D eigenvalue weighted by molar-refractivity contribution is 6.35. The minimum Gasteiger partial charge on any atom is -0.324 e. The second-order valence-corrected chi connectivity index (χ2v) is 7.38. The highest BCUT2D eigenvalue weighted by Gasteiger charge is 2.37. The summed E-state index contributed by atoms with van der Waals surface area (Å²) in [6.45, 7) is 1.67. The van der Waals surface area contributed by atoms with Gasteiger partial charge in [0.05, 0.1) is 11.6 Å². The number of nitrogens with zero attached hydrogens (tertiary/aromatic N) is 2. The zero-order valence-electron chi connectivity index (χ0n) is 14.9. The summed E-state index contributed by atoms with van der Waals surface area (Å²) in [5.74, 6) is -0.406. The number of carbonyl (C=O) groups is 1. The SMILES string of the molecule is C[C@@](Cc1ccc(C#N)cc1)(C(=O)Nc1cc(Cl)cc(Cl)c1)n1cc[nH]c1=O. The second kappa shape index (κ2) is 7.93. The highest BCUT2D eigenvalue weighted by atomic mass is 35.5. The zero-order valence-corrected chi connectivity index (χ0v) is 16.4. The van der Waals surface area contributed by atoms with Crippen LogP contribution in [0.25, 0.3) is 0 Å². The van der Waals surface area contributed by atoms with E-state index in [1.54, 1.807) is 49.4 Å². The summed E-state index contributed by atoms with van der Waals surface area (Å²) < 4.78 is 1.34. The lowest BCUT2D eigenvalue weighted by molar-refractivity contribution is -0.124. The lowest BCUT2D eigenvalue weighted by atomic mass is 9.90. The van der Waals surface area contributed by atoms with E-state index in [0.717, 1.165) is 5.56 Å². The summed E-state index contributed by atoms with van der Waals surface area (Å²) in [5.41, 5.74) is 0.101. The molecule has 1 atom stereocenters. The first-order valence-electron chi connectivity index (χ1n) is 8.35. The van der Waals surface area contributed by atoms with Crippen LogP contribution in [0, 0.1) is 11.3 Å². The number of carbonyl (C=O) groups excluding carboxylic acids is 1. The van der Waals surface area contributed by atoms with Crippen LogP contribution in [0.15, 0.2) is 59.7 Å². The van der Waals surface area contributed by atoms with Crippen LogP contribution in [-0.2, 0) is 16.8 Å². The molecular weight excluding hydrogens is 399 g/mol. The van der Waals surface area contributed by atoms with E-state index in [4.69, 9.17) is 28.5 Å². The van der Waals surface area contributed by atoms with Gasteiger partial charge in [0.2, 0.25) is 0 Å². The molecule has 0 radical (unpaired) electrons. The maximum absolute atomic E-state index is 13.2. The zero-order chi connectivity index (χ0) is 20.3. The van der Waals surface area contributed by atoms with Crippen molar-refractivity contribution in [3.63, 3.8) is 0 Å². The molecule has 28 heavy (non-hydrogen) atoms. The predicted molar refractivity (Wildman–Crippen MR) is 109 cm³/mol. The summed E-state index contributed by atoms with van der Waals surface area (Å²) in [6.07, 6.45) is 3.23. The fraction of sp³-hybridized carbons (Fsp3) is 0.150. The molecule has 0 fully saturated rings. The number of nitrogens with one attached hydrogen (secondary N) is 2. The van der Waals surface area contributed by atoms with E-state index in [1.807, 2.05) is 0 Å². The molecule has 0 saturated heterocycles. The monoisotopic (exact) mass is 414 g/mol. The summed E-state index contributed by atoms with van der Waals surface area (Å²) in [6, 6.07) is 13.6. The number of rotatable bonds is 5. The largest absolute Gasteiger partial charge is 0.326 e. The molecule has 3 aromatic rings. The molecule has 0 spiro atoms. The van der Waals surface area contributed by atoms with Crippen molar-refractivity contribution >= 4 is 34.8 Å². The number of hydrogen-bond donors (Lipinski definition) is 2. The van der Waals surface area contributed by atoms with Gasteiger partial charge < -0.3 is 10.3 Å². The molecule has 0 aliphatic carbocycles. The van der Waals surface area contributed by atoms with E-state index in [-0.39, 0.29) is 6.42 Å². The Morgan fingerprint density at radius 2 is 1.86 bits per heavy atom. The van der Waals surface area contributed by atoms with E-state index in [9.17, 15) is 9.59 Å². The molecule has 0 bridgehead atoms. The van der Waals surface area contributed by atoms with E-state index in [0.29, 0.717) is 21.3 Å². The topological polar surface area (TPSA) is 90.7 Å². The Balaban J connectivity index is 1.98. The van der Waals surface area contributed by atoms with Crippen molar-refractivity contribution in [2.75, 3.05) is 5.32 Å². The lowest BCUT2D eigenvalue weighted by Gasteiger charge is -2.29. The molecule has 8 heteroatoms. The third-order valence-corrected chi connectivity index (χ3v) is 4.86. The molecule has 1 aromatic heterocycles. The van der Waals surface area contributed by atoms with Crippen molar-refractivity contribution in [3.05, 3.63) is 86.5 Å². The Morgan fingerprint density at radius 1 is 1.21 bits per heavy atom. The smallest absolute Gasteiger partial charge is 0.324 e. The van der Waals surface area contributed by atoms with Gasteiger partial charge in [-0.3, -0.25) is 9.36 Å². The molecule has 2 N–H and O–H groups in total. The van der Waals surface area contributed by atoms with Crippen LogP contribution in [0.4, 0.5) is 5.69 Å². The first-order valence-corrected chi connectivity index (χ1v) is 9.10. The highest BCUT2D eigenvalue weighted by Crippen LogP contribution is 2.26. The minimum absolute atomic E-state index is 0.233. The van der Waals surface area contributed by atoms with Gasteiger partial charge in [-0.2, -0.15) is 5.26 Å². The Bertz CT molecular complexity index is 1090. The molecule has 0 saturated carbocycles. The van der Waals surface area contributed by atoms with Gasteiger partial charge in [-0.15, -0.1) is 0 Å². The van der Waals surface area contributed by atoms with Crippen LogP contribution < -0.4 is 11.0 Å². The van der Waals surface area contributed by atoms with Gasteiger partial charge >= 0.3 is 5.69 Å². The molecule has 0 unspecified atom stereocenters. The van der Waals surface area contributed by atoms with Crippen LogP contribution in [0.2, 0.25) is 10.0 Å². The van der Waals surface area contributed by atoms with Gasteiger partial charge in [0, 0.05) is 34.5 Å². The molecule has 0 aliphatic heterocycles. The normalized spacial score (nSPS) is 12.8. The van der Waals surface area contributed by atoms with Crippen molar-refractivity contribution in [2.24, 2.45) is 0 Å². The lowest BCUT2D eigenvalue weighted by Crippen LogP contribution is -2.48. The molecule has 3 rings (SSSR count). The molecule has 142 valence electrons. The van der Waals surface area contributed by atoms with Crippen molar-refractivity contribution in [2.45, 2.75) is 18.9 Å². The van der Waals surface area contributed by atoms with Gasteiger partial charge in [0.15, 0.2) is 0 Å². The van der Waals surface area contributed by atoms with Gasteiger partial charge in [-0.25, -0.2) is 4.79 Å².